The number of halogens is 2. The first-order chi connectivity index (χ1) is 14.0. The number of anilines is 1. The van der Waals surface area contributed by atoms with E-state index in [-0.39, 0.29) is 11.3 Å². The monoisotopic (exact) mass is 443 g/mol. The zero-order valence-electron chi connectivity index (χ0n) is 15.8. The molecule has 0 bridgehead atoms. The first-order valence-corrected chi connectivity index (χ1v) is 11.0. The third-order valence-corrected chi connectivity index (χ3v) is 6.49. The highest BCUT2D eigenvalue weighted by Crippen LogP contribution is 2.43. The molecule has 4 rings (SSSR count). The number of carbonyl (C=O) groups excluding carboxylic acids is 1. The van der Waals surface area contributed by atoms with Crippen LogP contribution in [0.2, 0.25) is 10.0 Å². The van der Waals surface area contributed by atoms with Crippen LogP contribution in [0.1, 0.15) is 22.1 Å². The van der Waals surface area contributed by atoms with Gasteiger partial charge in [-0.25, -0.2) is 0 Å². The molecule has 0 unspecified atom stereocenters. The summed E-state index contributed by atoms with van der Waals surface area (Å²) in [6.45, 7) is 2.51. The van der Waals surface area contributed by atoms with E-state index < -0.39 is 0 Å². The van der Waals surface area contributed by atoms with Crippen molar-refractivity contribution in [2.75, 3.05) is 10.7 Å². The molecule has 3 nitrogen and oxygen atoms in total. The summed E-state index contributed by atoms with van der Waals surface area (Å²) in [5.41, 5.74) is 4.08. The van der Waals surface area contributed by atoms with Gasteiger partial charge in [-0.3, -0.25) is 9.69 Å². The minimum absolute atomic E-state index is 0.0677. The molecule has 1 saturated heterocycles. The van der Waals surface area contributed by atoms with Gasteiger partial charge in [-0.05, 0) is 54.4 Å². The second-order valence-electron chi connectivity index (χ2n) is 6.87. The molecule has 3 aromatic carbocycles. The van der Waals surface area contributed by atoms with Gasteiger partial charge >= 0.3 is 0 Å². The predicted octanol–water partition coefficient (Wildman–Crippen LogP) is 6.66. The Balaban J connectivity index is 1.52. The average Bonchev–Trinajstić information content (AvgIpc) is 3.10. The first kappa shape index (κ1) is 20.1. The van der Waals surface area contributed by atoms with E-state index in [1.165, 1.54) is 5.56 Å². The van der Waals surface area contributed by atoms with E-state index in [1.807, 2.05) is 42.5 Å². The maximum absolute atomic E-state index is 12.5. The molecule has 1 amide bonds. The summed E-state index contributed by atoms with van der Waals surface area (Å²) in [6.07, 6.45) is 0. The van der Waals surface area contributed by atoms with Gasteiger partial charge in [-0.15, -0.1) is 11.8 Å². The maximum Gasteiger partial charge on any atom is 0.238 e. The Kier molecular flexibility index (Phi) is 6.04. The molecule has 0 N–H and O–H groups in total. The molecule has 0 radical (unpaired) electrons. The van der Waals surface area contributed by atoms with Crippen LogP contribution < -0.4 is 9.64 Å². The lowest BCUT2D eigenvalue weighted by Crippen LogP contribution is -2.27. The largest absolute Gasteiger partial charge is 0.487 e. The Morgan fingerprint density at radius 3 is 2.45 bits per heavy atom. The molecule has 1 heterocycles. The first-order valence-electron chi connectivity index (χ1n) is 9.18. The standard InChI is InChI=1S/C23H19Cl2NO2S/c1-15-2-4-16(5-3-15)13-28-21-11-6-17(12-20(21)25)23-26(22(27)14-29-23)19-9-7-18(24)8-10-19/h2-12,23H,13-14H2,1H3/t23-/m0/s1. The molecule has 0 saturated carbocycles. The van der Waals surface area contributed by atoms with Crippen LogP contribution in [0.5, 0.6) is 5.75 Å². The third kappa shape index (κ3) is 4.55. The van der Waals surface area contributed by atoms with Crippen LogP contribution in [0.25, 0.3) is 0 Å². The van der Waals surface area contributed by atoms with Gasteiger partial charge in [0.05, 0.1) is 10.8 Å². The zero-order chi connectivity index (χ0) is 20.4. The fraction of sp³-hybridized carbons (Fsp3) is 0.174. The van der Waals surface area contributed by atoms with Crippen molar-refractivity contribution in [3.8, 4) is 5.75 Å². The van der Waals surface area contributed by atoms with Crippen molar-refractivity contribution in [1.29, 1.82) is 0 Å². The van der Waals surface area contributed by atoms with Crippen molar-refractivity contribution < 1.29 is 9.53 Å². The number of hydrogen-bond donors (Lipinski definition) is 0. The van der Waals surface area contributed by atoms with Crippen LogP contribution in [-0.4, -0.2) is 11.7 Å². The van der Waals surface area contributed by atoms with Gasteiger partial charge in [0.1, 0.15) is 17.7 Å². The highest BCUT2D eigenvalue weighted by molar-refractivity contribution is 8.00. The van der Waals surface area contributed by atoms with Crippen LogP contribution >= 0.6 is 35.0 Å². The number of hydrogen-bond acceptors (Lipinski definition) is 3. The minimum Gasteiger partial charge on any atom is -0.487 e. The fourth-order valence-corrected chi connectivity index (χ4v) is 4.72. The van der Waals surface area contributed by atoms with Gasteiger partial charge in [0.15, 0.2) is 0 Å². The maximum atomic E-state index is 12.5. The lowest BCUT2D eigenvalue weighted by atomic mass is 10.1. The highest BCUT2D eigenvalue weighted by atomic mass is 35.5. The number of aryl methyl sites for hydroxylation is 1. The number of ether oxygens (including phenoxy) is 1. The van der Waals surface area contributed by atoms with Crippen LogP contribution in [0, 0.1) is 6.92 Å². The van der Waals surface area contributed by atoms with Crippen molar-refractivity contribution in [1.82, 2.24) is 0 Å². The molecule has 0 aromatic heterocycles. The zero-order valence-corrected chi connectivity index (χ0v) is 18.1. The normalized spacial score (nSPS) is 16.3. The van der Waals surface area contributed by atoms with E-state index in [0.717, 1.165) is 16.8 Å². The summed E-state index contributed by atoms with van der Waals surface area (Å²) in [5.74, 6) is 1.12. The quantitative estimate of drug-likeness (QED) is 0.441. The average molecular weight is 444 g/mol. The summed E-state index contributed by atoms with van der Waals surface area (Å²) in [6, 6.07) is 21.2. The van der Waals surface area contributed by atoms with E-state index in [2.05, 4.69) is 19.1 Å². The van der Waals surface area contributed by atoms with Crippen molar-refractivity contribution in [2.45, 2.75) is 18.9 Å². The molecule has 1 aliphatic heterocycles. The SMILES string of the molecule is Cc1ccc(COc2ccc([C@@H]3SCC(=O)N3c3ccc(Cl)cc3)cc2Cl)cc1. The Morgan fingerprint density at radius 2 is 1.76 bits per heavy atom. The summed E-state index contributed by atoms with van der Waals surface area (Å²) in [4.78, 5) is 14.3. The Labute approximate surface area is 184 Å². The van der Waals surface area contributed by atoms with E-state index in [9.17, 15) is 4.79 Å². The van der Waals surface area contributed by atoms with E-state index >= 15 is 0 Å². The van der Waals surface area contributed by atoms with Crippen molar-refractivity contribution in [3.05, 3.63) is 93.5 Å². The highest BCUT2D eigenvalue weighted by Gasteiger charge is 2.34. The number of nitrogens with zero attached hydrogens (tertiary/aromatic N) is 1. The van der Waals surface area contributed by atoms with Gasteiger partial charge in [0.2, 0.25) is 5.91 Å². The number of rotatable bonds is 5. The number of benzene rings is 3. The van der Waals surface area contributed by atoms with Gasteiger partial charge in [0, 0.05) is 10.7 Å². The lowest BCUT2D eigenvalue weighted by molar-refractivity contribution is -0.115. The van der Waals surface area contributed by atoms with E-state index in [1.54, 1.807) is 28.8 Å². The van der Waals surface area contributed by atoms with Crippen LogP contribution in [-0.2, 0) is 11.4 Å². The number of amides is 1. The van der Waals surface area contributed by atoms with Crippen LogP contribution in [0.4, 0.5) is 5.69 Å². The fourth-order valence-electron chi connectivity index (χ4n) is 3.18. The molecule has 1 aliphatic rings. The summed E-state index contributed by atoms with van der Waals surface area (Å²) >= 11 is 14.1. The number of thioether (sulfide) groups is 1. The molecule has 148 valence electrons. The number of carbonyl (C=O) groups is 1. The van der Waals surface area contributed by atoms with Crippen LogP contribution in [0.3, 0.4) is 0 Å². The third-order valence-electron chi connectivity index (χ3n) is 4.73. The molecule has 6 heteroatoms. The predicted molar refractivity (Wildman–Crippen MR) is 121 cm³/mol. The van der Waals surface area contributed by atoms with Crippen LogP contribution in [0.15, 0.2) is 66.7 Å². The Bertz CT molecular complexity index is 1020. The summed E-state index contributed by atoms with van der Waals surface area (Å²) in [5, 5.41) is 1.04. The van der Waals surface area contributed by atoms with Gasteiger partial charge in [0.25, 0.3) is 0 Å². The van der Waals surface area contributed by atoms with Crippen molar-refractivity contribution in [2.24, 2.45) is 0 Å². The molecule has 1 fully saturated rings. The molecule has 1 atom stereocenters. The Morgan fingerprint density at radius 1 is 1.03 bits per heavy atom. The summed E-state index contributed by atoms with van der Waals surface area (Å²) in [7, 11) is 0. The smallest absolute Gasteiger partial charge is 0.238 e. The summed E-state index contributed by atoms with van der Waals surface area (Å²) < 4.78 is 5.89. The second-order valence-corrected chi connectivity index (χ2v) is 8.78. The minimum atomic E-state index is -0.132. The molecule has 0 spiro atoms. The van der Waals surface area contributed by atoms with Gasteiger partial charge in [-0.1, -0.05) is 59.1 Å². The van der Waals surface area contributed by atoms with Gasteiger partial charge in [-0.2, -0.15) is 0 Å². The lowest BCUT2D eigenvalue weighted by Gasteiger charge is -2.25. The van der Waals surface area contributed by atoms with E-state index in [4.69, 9.17) is 27.9 Å². The van der Waals surface area contributed by atoms with Gasteiger partial charge < -0.3 is 4.74 Å². The molecular formula is C23H19Cl2NO2S. The topological polar surface area (TPSA) is 29.5 Å². The molecular weight excluding hydrogens is 425 g/mol. The molecule has 3 aromatic rings. The van der Waals surface area contributed by atoms with E-state index in [0.29, 0.717) is 28.2 Å². The Hall–Kier alpha value is -2.14. The molecule has 0 aliphatic carbocycles. The van der Waals surface area contributed by atoms with Crippen molar-refractivity contribution >= 4 is 46.6 Å². The molecule has 29 heavy (non-hydrogen) atoms. The van der Waals surface area contributed by atoms with Crippen molar-refractivity contribution in [3.63, 3.8) is 0 Å². The second kappa shape index (κ2) is 8.70.